The van der Waals surface area contributed by atoms with Crippen LogP contribution in [0, 0.1) is 0 Å². The minimum absolute atomic E-state index is 0.0417. The minimum Gasteiger partial charge on any atom is -0.487 e. The van der Waals surface area contributed by atoms with E-state index in [4.69, 9.17) is 9.26 Å². The topological polar surface area (TPSA) is 81.4 Å². The average molecular weight is 387 g/mol. The third kappa shape index (κ3) is 3.18. The monoisotopic (exact) mass is 386 g/mol. The fourth-order valence-electron chi connectivity index (χ4n) is 2.37. The van der Waals surface area contributed by atoms with Crippen LogP contribution in [0.5, 0.6) is 5.75 Å². The second kappa shape index (κ2) is 5.36. The van der Waals surface area contributed by atoms with Gasteiger partial charge in [0.2, 0.25) is 10.0 Å². The molecule has 2 aromatic rings. The molecule has 1 aromatic heterocycles. The van der Waals surface area contributed by atoms with Gasteiger partial charge in [0.15, 0.2) is 5.76 Å². The first-order valence-electron chi connectivity index (χ1n) is 6.68. The maximum absolute atomic E-state index is 12.3. The third-order valence-corrected chi connectivity index (χ3v) is 5.08. The number of sulfonamides is 1. The molecular weight excluding hydrogens is 372 g/mol. The zero-order valence-electron chi connectivity index (χ0n) is 12.1. The normalized spacial score (nSPS) is 16.3. The average Bonchev–Trinajstić information content (AvgIpc) is 2.96. The van der Waals surface area contributed by atoms with Gasteiger partial charge in [-0.2, -0.15) is 0 Å². The number of aromatic nitrogens is 1. The lowest BCUT2D eigenvalue weighted by Crippen LogP contribution is -2.24. The summed E-state index contributed by atoms with van der Waals surface area (Å²) in [7, 11) is -3.62. The maximum atomic E-state index is 12.3. The summed E-state index contributed by atoms with van der Waals surface area (Å²) in [5.74, 6) is 1.17. The van der Waals surface area contributed by atoms with Crippen LogP contribution in [0.3, 0.4) is 0 Å². The van der Waals surface area contributed by atoms with Crippen LogP contribution in [0.4, 0.5) is 0 Å². The van der Waals surface area contributed by atoms with Crippen molar-refractivity contribution in [1.82, 2.24) is 9.88 Å². The summed E-state index contributed by atoms with van der Waals surface area (Å²) in [5.41, 5.74) is 0.597. The van der Waals surface area contributed by atoms with Crippen LogP contribution in [-0.4, -0.2) is 19.2 Å². The molecule has 0 aliphatic carbocycles. The van der Waals surface area contributed by atoms with Gasteiger partial charge in [0.1, 0.15) is 16.0 Å². The molecule has 118 valence electrons. The van der Waals surface area contributed by atoms with E-state index in [-0.39, 0.29) is 17.0 Å². The Labute approximate surface area is 137 Å². The highest BCUT2D eigenvalue weighted by molar-refractivity contribution is 9.10. The molecule has 0 atom stereocenters. The van der Waals surface area contributed by atoms with Gasteiger partial charge in [-0.3, -0.25) is 0 Å². The van der Waals surface area contributed by atoms with Crippen molar-refractivity contribution in [2.45, 2.75) is 37.3 Å². The Morgan fingerprint density at radius 1 is 1.36 bits per heavy atom. The molecule has 1 aromatic carbocycles. The van der Waals surface area contributed by atoms with Gasteiger partial charge < -0.3 is 9.26 Å². The Morgan fingerprint density at radius 2 is 2.14 bits per heavy atom. The molecule has 1 N–H and O–H groups in total. The van der Waals surface area contributed by atoms with Crippen molar-refractivity contribution in [3.63, 3.8) is 0 Å². The molecular formula is C14H15BrN2O4S. The molecule has 0 amide bonds. The van der Waals surface area contributed by atoms with Crippen LogP contribution in [0.1, 0.15) is 25.2 Å². The lowest BCUT2D eigenvalue weighted by molar-refractivity contribution is 0.138. The van der Waals surface area contributed by atoms with Crippen molar-refractivity contribution in [3.8, 4) is 5.75 Å². The van der Waals surface area contributed by atoms with Crippen molar-refractivity contribution in [3.05, 3.63) is 40.2 Å². The highest BCUT2D eigenvalue weighted by Gasteiger charge is 2.31. The van der Waals surface area contributed by atoms with Crippen LogP contribution in [0.15, 0.2) is 38.3 Å². The fraction of sp³-hybridized carbons (Fsp3) is 0.357. The number of fused-ring (bicyclic) bond motifs is 1. The Bertz CT molecular complexity index is 814. The summed E-state index contributed by atoms with van der Waals surface area (Å²) in [5, 5.41) is 3.64. The number of hydrogen-bond donors (Lipinski definition) is 1. The van der Waals surface area contributed by atoms with Crippen molar-refractivity contribution < 1.29 is 17.7 Å². The molecule has 0 saturated heterocycles. The molecule has 0 fully saturated rings. The van der Waals surface area contributed by atoms with Gasteiger partial charge in [-0.05, 0) is 53.5 Å². The lowest BCUT2D eigenvalue weighted by Gasteiger charge is -2.16. The number of rotatable bonds is 4. The molecule has 0 radical (unpaired) electrons. The number of halogens is 1. The van der Waals surface area contributed by atoms with Crippen LogP contribution in [-0.2, 0) is 23.0 Å². The largest absolute Gasteiger partial charge is 0.487 e. The second-order valence-corrected chi connectivity index (χ2v) is 8.33. The van der Waals surface area contributed by atoms with E-state index < -0.39 is 10.0 Å². The van der Waals surface area contributed by atoms with Gasteiger partial charge >= 0.3 is 0 Å². The second-order valence-electron chi connectivity index (χ2n) is 5.75. The van der Waals surface area contributed by atoms with E-state index in [9.17, 15) is 8.42 Å². The lowest BCUT2D eigenvalue weighted by atomic mass is 10.0. The van der Waals surface area contributed by atoms with E-state index in [2.05, 4.69) is 25.8 Å². The van der Waals surface area contributed by atoms with Crippen molar-refractivity contribution in [2.75, 3.05) is 0 Å². The first-order chi connectivity index (χ1) is 10.3. The van der Waals surface area contributed by atoms with Gasteiger partial charge in [0.05, 0.1) is 11.4 Å². The van der Waals surface area contributed by atoms with Gasteiger partial charge in [0.25, 0.3) is 0 Å². The molecule has 2 heterocycles. The smallest absolute Gasteiger partial charge is 0.240 e. The van der Waals surface area contributed by atoms with Gasteiger partial charge in [0, 0.05) is 12.5 Å². The van der Waals surface area contributed by atoms with E-state index >= 15 is 0 Å². The van der Waals surface area contributed by atoms with E-state index in [1.165, 1.54) is 0 Å². The first-order valence-corrected chi connectivity index (χ1v) is 8.95. The molecule has 8 heteroatoms. The summed E-state index contributed by atoms with van der Waals surface area (Å²) >= 11 is 3.15. The zero-order chi connectivity index (χ0) is 16.0. The third-order valence-electron chi connectivity index (χ3n) is 3.31. The molecule has 0 spiro atoms. The Hall–Kier alpha value is -1.38. The molecule has 0 unspecified atom stereocenters. The van der Waals surface area contributed by atoms with Crippen LogP contribution in [0.25, 0.3) is 0 Å². The van der Waals surface area contributed by atoms with Crippen LogP contribution < -0.4 is 9.46 Å². The molecule has 1 aliphatic rings. The molecule has 3 rings (SSSR count). The van der Waals surface area contributed by atoms with Gasteiger partial charge in [-0.25, -0.2) is 13.1 Å². The molecule has 1 aliphatic heterocycles. The van der Waals surface area contributed by atoms with Gasteiger partial charge in [-0.1, -0.05) is 5.16 Å². The summed E-state index contributed by atoms with van der Waals surface area (Å²) in [4.78, 5) is 0.214. The summed E-state index contributed by atoms with van der Waals surface area (Å²) in [6.07, 6.45) is 0.681. The highest BCUT2D eigenvalue weighted by Crippen LogP contribution is 2.35. The fourth-order valence-corrected chi connectivity index (χ4v) is 3.74. The van der Waals surface area contributed by atoms with E-state index in [0.717, 1.165) is 11.3 Å². The Morgan fingerprint density at radius 3 is 2.82 bits per heavy atom. The Balaban J connectivity index is 1.79. The number of nitrogens with one attached hydrogen (secondary N) is 1. The first kappa shape index (κ1) is 15.5. The highest BCUT2D eigenvalue weighted by atomic mass is 79.9. The molecule has 0 bridgehead atoms. The van der Waals surface area contributed by atoms with Crippen molar-refractivity contribution in [2.24, 2.45) is 0 Å². The molecule has 0 saturated carbocycles. The summed E-state index contributed by atoms with van der Waals surface area (Å²) in [6.45, 7) is 3.99. The predicted molar refractivity (Wildman–Crippen MR) is 83.1 cm³/mol. The quantitative estimate of drug-likeness (QED) is 0.872. The van der Waals surface area contributed by atoms with Crippen LogP contribution >= 0.6 is 15.9 Å². The minimum atomic E-state index is -3.62. The maximum Gasteiger partial charge on any atom is 0.240 e. The number of nitrogens with zero attached hydrogens (tertiary/aromatic N) is 1. The molecule has 22 heavy (non-hydrogen) atoms. The van der Waals surface area contributed by atoms with Crippen molar-refractivity contribution >= 4 is 26.0 Å². The summed E-state index contributed by atoms with van der Waals surface area (Å²) in [6, 6.07) is 6.51. The van der Waals surface area contributed by atoms with Crippen molar-refractivity contribution in [1.29, 1.82) is 0 Å². The van der Waals surface area contributed by atoms with Gasteiger partial charge in [-0.15, -0.1) is 0 Å². The molecule has 6 nitrogen and oxygen atoms in total. The number of hydrogen-bond acceptors (Lipinski definition) is 5. The summed E-state index contributed by atoms with van der Waals surface area (Å²) < 4.78 is 38.4. The number of ether oxygens (including phenoxy) is 1. The predicted octanol–water partition coefficient (Wildman–Crippen LogP) is 2.63. The van der Waals surface area contributed by atoms with E-state index in [1.807, 2.05) is 13.8 Å². The zero-order valence-corrected chi connectivity index (χ0v) is 14.5. The Kier molecular flexibility index (Phi) is 3.78. The van der Waals surface area contributed by atoms with Crippen LogP contribution in [0.2, 0.25) is 0 Å². The standard InChI is InChI=1S/C14H15BrN2O4S/c1-14(2)7-9-5-11(3-4-12(9)20-14)22(18,19)16-8-10-6-13(15)17-21-10/h3-6,16H,7-8H2,1-2H3. The van der Waals surface area contributed by atoms with E-state index in [1.54, 1.807) is 24.3 Å². The number of benzene rings is 1. The van der Waals surface area contributed by atoms with E-state index in [0.29, 0.717) is 16.8 Å². The SMILES string of the molecule is CC1(C)Cc2cc(S(=O)(=O)NCc3cc(Br)no3)ccc2O1.